The first-order chi connectivity index (χ1) is 14.5. The summed E-state index contributed by atoms with van der Waals surface area (Å²) in [7, 11) is 0. The Balaban J connectivity index is 1.61. The predicted octanol–water partition coefficient (Wildman–Crippen LogP) is 1.86. The molecule has 1 aromatic carbocycles. The Morgan fingerprint density at radius 3 is 2.47 bits per heavy atom. The number of aliphatic hydroxyl groups excluding tert-OH is 2. The second-order valence-corrected chi connectivity index (χ2v) is 7.11. The maximum atomic E-state index is 13.2. The molecule has 2 aromatic heterocycles. The van der Waals surface area contributed by atoms with Gasteiger partial charge in [-0.1, -0.05) is 12.1 Å². The van der Waals surface area contributed by atoms with Crippen LogP contribution in [-0.2, 0) is 0 Å². The molecule has 10 heteroatoms. The Kier molecular flexibility index (Phi) is 5.68. The lowest BCUT2D eigenvalue weighted by Crippen LogP contribution is -2.23. The van der Waals surface area contributed by atoms with Crippen LogP contribution in [-0.4, -0.2) is 55.4 Å². The van der Waals surface area contributed by atoms with Gasteiger partial charge >= 0.3 is 0 Å². The standard InChI is InChI=1S/C20H22FN7O2/c1-12(13-2-4-14(21)5-3-13)24-20-26-17(25-18-9-22-6-7-23-18)8-19(27-20)28-10-15(29)16(30)11-28/h2-9,12,15-16,29-30H,10-11H2,1H3,(H2,23,24,25,26,27)/t12-,15-,16-/m0/s1. The van der Waals surface area contributed by atoms with Gasteiger partial charge in [0.15, 0.2) is 0 Å². The van der Waals surface area contributed by atoms with Crippen molar-refractivity contribution in [3.05, 3.63) is 60.3 Å². The zero-order valence-electron chi connectivity index (χ0n) is 16.3. The topological polar surface area (TPSA) is 119 Å². The zero-order chi connectivity index (χ0) is 21.1. The van der Waals surface area contributed by atoms with Crippen LogP contribution in [0.2, 0.25) is 0 Å². The molecule has 0 amide bonds. The Bertz CT molecular complexity index is 980. The normalized spacial score (nSPS) is 19.5. The lowest BCUT2D eigenvalue weighted by atomic mass is 10.1. The molecule has 1 fully saturated rings. The van der Waals surface area contributed by atoms with Crippen LogP contribution in [0.25, 0.3) is 0 Å². The third kappa shape index (κ3) is 4.61. The molecule has 0 spiro atoms. The summed E-state index contributed by atoms with van der Waals surface area (Å²) in [4.78, 5) is 19.0. The summed E-state index contributed by atoms with van der Waals surface area (Å²) in [6, 6.07) is 7.73. The SMILES string of the molecule is C[C@H](Nc1nc(Nc2cnccn2)cc(N2C[C@H](O)[C@@H](O)C2)n1)c1ccc(F)cc1. The van der Waals surface area contributed by atoms with Gasteiger partial charge in [0.25, 0.3) is 0 Å². The lowest BCUT2D eigenvalue weighted by molar-refractivity contribution is 0.0572. The third-order valence-electron chi connectivity index (χ3n) is 4.83. The van der Waals surface area contributed by atoms with E-state index >= 15 is 0 Å². The Morgan fingerprint density at radius 1 is 1.07 bits per heavy atom. The molecule has 0 unspecified atom stereocenters. The van der Waals surface area contributed by atoms with Crippen molar-refractivity contribution in [2.24, 2.45) is 0 Å². The molecule has 4 rings (SSSR count). The molecule has 3 aromatic rings. The third-order valence-corrected chi connectivity index (χ3v) is 4.83. The number of aromatic nitrogens is 4. The van der Waals surface area contributed by atoms with Crippen molar-refractivity contribution in [3.63, 3.8) is 0 Å². The van der Waals surface area contributed by atoms with Crippen molar-refractivity contribution in [1.82, 2.24) is 19.9 Å². The van der Waals surface area contributed by atoms with Gasteiger partial charge in [0, 0.05) is 31.5 Å². The van der Waals surface area contributed by atoms with E-state index in [0.29, 0.717) is 23.4 Å². The quantitative estimate of drug-likeness (QED) is 0.482. The lowest BCUT2D eigenvalue weighted by Gasteiger charge is -2.20. The molecule has 1 saturated heterocycles. The first-order valence-corrected chi connectivity index (χ1v) is 9.53. The molecule has 30 heavy (non-hydrogen) atoms. The maximum absolute atomic E-state index is 13.2. The molecule has 0 bridgehead atoms. The molecule has 4 N–H and O–H groups in total. The van der Waals surface area contributed by atoms with Gasteiger partial charge in [0.2, 0.25) is 5.95 Å². The highest BCUT2D eigenvalue weighted by atomic mass is 19.1. The minimum absolute atomic E-state index is 0.181. The number of nitrogens with zero attached hydrogens (tertiary/aromatic N) is 5. The molecule has 0 radical (unpaired) electrons. The average Bonchev–Trinajstić information content (AvgIpc) is 3.07. The van der Waals surface area contributed by atoms with Crippen molar-refractivity contribution in [1.29, 1.82) is 0 Å². The monoisotopic (exact) mass is 411 g/mol. The second kappa shape index (κ2) is 8.56. The van der Waals surface area contributed by atoms with Gasteiger partial charge in [-0.2, -0.15) is 9.97 Å². The Morgan fingerprint density at radius 2 is 1.80 bits per heavy atom. The summed E-state index contributed by atoms with van der Waals surface area (Å²) >= 11 is 0. The van der Waals surface area contributed by atoms with Crippen molar-refractivity contribution in [2.45, 2.75) is 25.2 Å². The molecule has 1 aliphatic heterocycles. The number of halogens is 1. The summed E-state index contributed by atoms with van der Waals surface area (Å²) in [5.74, 6) is 1.57. The first-order valence-electron chi connectivity index (χ1n) is 9.53. The van der Waals surface area contributed by atoms with Crippen LogP contribution >= 0.6 is 0 Å². The van der Waals surface area contributed by atoms with Crippen molar-refractivity contribution in [3.8, 4) is 0 Å². The number of β-amino-alcohol motifs (C(OH)–C–C–N with tert-alkyl or cyclic N) is 2. The smallest absolute Gasteiger partial charge is 0.227 e. The summed E-state index contributed by atoms with van der Waals surface area (Å²) in [6.45, 7) is 2.44. The van der Waals surface area contributed by atoms with Crippen LogP contribution < -0.4 is 15.5 Å². The van der Waals surface area contributed by atoms with Gasteiger partial charge in [-0.05, 0) is 24.6 Å². The number of nitrogens with one attached hydrogen (secondary N) is 2. The largest absolute Gasteiger partial charge is 0.389 e. The van der Waals surface area contributed by atoms with Crippen molar-refractivity contribution < 1.29 is 14.6 Å². The van der Waals surface area contributed by atoms with E-state index in [4.69, 9.17) is 0 Å². The van der Waals surface area contributed by atoms with E-state index in [1.54, 1.807) is 41.7 Å². The molecule has 0 aliphatic carbocycles. The maximum Gasteiger partial charge on any atom is 0.227 e. The number of anilines is 4. The molecule has 1 aliphatic rings. The van der Waals surface area contributed by atoms with Crippen LogP contribution in [0.1, 0.15) is 18.5 Å². The van der Waals surface area contributed by atoms with Gasteiger partial charge in [0.05, 0.1) is 24.4 Å². The molecule has 0 saturated carbocycles. The zero-order valence-corrected chi connectivity index (χ0v) is 16.3. The highest BCUT2D eigenvalue weighted by Crippen LogP contribution is 2.26. The van der Waals surface area contributed by atoms with E-state index in [-0.39, 0.29) is 24.9 Å². The van der Waals surface area contributed by atoms with Crippen LogP contribution in [0, 0.1) is 5.82 Å². The van der Waals surface area contributed by atoms with Gasteiger partial charge in [-0.15, -0.1) is 0 Å². The number of benzene rings is 1. The fraction of sp³-hybridized carbons (Fsp3) is 0.300. The molecule has 3 heterocycles. The fourth-order valence-electron chi connectivity index (χ4n) is 3.20. The molecular weight excluding hydrogens is 389 g/mol. The van der Waals surface area contributed by atoms with Crippen LogP contribution in [0.5, 0.6) is 0 Å². The summed E-state index contributed by atoms with van der Waals surface area (Å²) < 4.78 is 13.2. The highest BCUT2D eigenvalue weighted by molar-refractivity contribution is 5.59. The molecule has 3 atom stereocenters. The highest BCUT2D eigenvalue weighted by Gasteiger charge is 2.31. The fourth-order valence-corrected chi connectivity index (χ4v) is 3.20. The number of aliphatic hydroxyl groups is 2. The molecule has 9 nitrogen and oxygen atoms in total. The molecule has 156 valence electrons. The summed E-state index contributed by atoms with van der Waals surface area (Å²) in [5.41, 5.74) is 0.876. The number of hydrogen-bond acceptors (Lipinski definition) is 9. The second-order valence-electron chi connectivity index (χ2n) is 7.11. The van der Waals surface area contributed by atoms with Gasteiger partial charge < -0.3 is 25.7 Å². The van der Waals surface area contributed by atoms with E-state index in [1.165, 1.54) is 12.1 Å². The van der Waals surface area contributed by atoms with Gasteiger partial charge in [-0.3, -0.25) is 4.98 Å². The van der Waals surface area contributed by atoms with Crippen molar-refractivity contribution in [2.75, 3.05) is 28.6 Å². The van der Waals surface area contributed by atoms with Crippen LogP contribution in [0.4, 0.5) is 27.8 Å². The summed E-state index contributed by atoms with van der Waals surface area (Å²) in [5, 5.41) is 26.1. The van der Waals surface area contributed by atoms with E-state index in [9.17, 15) is 14.6 Å². The minimum Gasteiger partial charge on any atom is -0.389 e. The van der Waals surface area contributed by atoms with E-state index < -0.39 is 12.2 Å². The predicted molar refractivity (Wildman–Crippen MR) is 110 cm³/mol. The number of rotatable bonds is 6. The molecular formula is C20H22FN7O2. The van der Waals surface area contributed by atoms with E-state index in [0.717, 1.165) is 5.56 Å². The summed E-state index contributed by atoms with van der Waals surface area (Å²) in [6.07, 6.45) is 3.02. The van der Waals surface area contributed by atoms with Gasteiger partial charge in [-0.25, -0.2) is 9.37 Å². The number of hydrogen-bond donors (Lipinski definition) is 4. The van der Waals surface area contributed by atoms with Crippen molar-refractivity contribution >= 4 is 23.4 Å². The Hall–Kier alpha value is -3.37. The minimum atomic E-state index is -0.842. The van der Waals surface area contributed by atoms with E-state index in [1.807, 2.05) is 6.92 Å². The van der Waals surface area contributed by atoms with E-state index in [2.05, 4.69) is 30.6 Å². The van der Waals surface area contributed by atoms with Crippen LogP contribution in [0.15, 0.2) is 48.9 Å². The van der Waals surface area contributed by atoms with Crippen LogP contribution in [0.3, 0.4) is 0 Å². The average molecular weight is 411 g/mol. The first kappa shape index (κ1) is 19.9. The van der Waals surface area contributed by atoms with Gasteiger partial charge in [0.1, 0.15) is 23.3 Å². The Labute approximate surface area is 172 Å².